The standard InChI is InChI=1S/C21H27N5O5/c1-30-12-5-6-13-11(7-12)3-2-4-14(13)25-10-24-20-16(19(25)22)23-9-26(20)21-18(29)17(28)15(8-27)31-21/h5-7,9,14-15,17-18,21-22,24,27-29H,2-4,8,10H2,1H3/t14?,15-,17-,18-,21-/m1/s1. The fourth-order valence-corrected chi connectivity index (χ4v) is 4.87. The van der Waals surface area contributed by atoms with E-state index in [0.717, 1.165) is 25.0 Å². The highest BCUT2D eigenvalue weighted by atomic mass is 16.6. The summed E-state index contributed by atoms with van der Waals surface area (Å²) < 4.78 is 12.6. The van der Waals surface area contributed by atoms with Gasteiger partial charge in [-0.05, 0) is 42.5 Å². The second-order valence-electron chi connectivity index (χ2n) is 8.20. The molecule has 2 aromatic rings. The minimum absolute atomic E-state index is 0.0573. The first-order valence-corrected chi connectivity index (χ1v) is 10.5. The van der Waals surface area contributed by atoms with Crippen LogP contribution in [0.4, 0.5) is 5.82 Å². The van der Waals surface area contributed by atoms with Crippen molar-refractivity contribution < 1.29 is 24.8 Å². The summed E-state index contributed by atoms with van der Waals surface area (Å²) in [6, 6.07) is 6.17. The van der Waals surface area contributed by atoms with Gasteiger partial charge in [-0.1, -0.05) is 6.07 Å². The Hall–Kier alpha value is -2.66. The number of fused-ring (bicyclic) bond motifs is 2. The lowest BCUT2D eigenvalue weighted by Gasteiger charge is -2.40. The molecule has 166 valence electrons. The number of rotatable bonds is 4. The number of benzene rings is 1. The Kier molecular flexibility index (Phi) is 5.09. The largest absolute Gasteiger partial charge is 0.497 e. The molecule has 0 amide bonds. The van der Waals surface area contributed by atoms with Gasteiger partial charge in [-0.25, -0.2) is 4.98 Å². The van der Waals surface area contributed by atoms with Crippen molar-refractivity contribution in [3.63, 3.8) is 0 Å². The molecular formula is C21H27N5O5. The zero-order valence-corrected chi connectivity index (χ0v) is 17.2. The molecular weight excluding hydrogens is 402 g/mol. The molecule has 1 aromatic carbocycles. The van der Waals surface area contributed by atoms with Gasteiger partial charge in [0.05, 0.1) is 32.8 Å². The minimum Gasteiger partial charge on any atom is -0.497 e. The lowest BCUT2D eigenvalue weighted by molar-refractivity contribution is -0.0519. The molecule has 1 unspecified atom stereocenters. The molecule has 0 saturated carbocycles. The molecule has 1 fully saturated rings. The minimum atomic E-state index is -1.20. The number of imidazole rings is 1. The van der Waals surface area contributed by atoms with Crippen LogP contribution in [0.1, 0.15) is 41.9 Å². The maximum absolute atomic E-state index is 10.4. The van der Waals surface area contributed by atoms with Crippen molar-refractivity contribution in [2.24, 2.45) is 0 Å². The van der Waals surface area contributed by atoms with Crippen LogP contribution >= 0.6 is 0 Å². The molecule has 10 nitrogen and oxygen atoms in total. The van der Waals surface area contributed by atoms with Gasteiger partial charge in [0.25, 0.3) is 0 Å². The number of aliphatic hydroxyl groups is 3. The number of ether oxygens (including phenoxy) is 2. The van der Waals surface area contributed by atoms with Crippen LogP contribution < -0.4 is 10.1 Å². The van der Waals surface area contributed by atoms with Gasteiger partial charge in [0.15, 0.2) is 12.1 Å². The van der Waals surface area contributed by atoms with E-state index in [2.05, 4.69) is 22.4 Å². The van der Waals surface area contributed by atoms with E-state index in [1.165, 1.54) is 17.5 Å². The molecule has 3 heterocycles. The molecule has 5 atom stereocenters. The second kappa shape index (κ2) is 7.79. The topological polar surface area (TPSA) is 136 Å². The number of methoxy groups -OCH3 is 1. The van der Waals surface area contributed by atoms with Crippen molar-refractivity contribution in [2.45, 2.75) is 49.8 Å². The Morgan fingerprint density at radius 2 is 2.16 bits per heavy atom. The van der Waals surface area contributed by atoms with Crippen molar-refractivity contribution in [1.82, 2.24) is 14.5 Å². The first-order chi connectivity index (χ1) is 15.0. The third kappa shape index (κ3) is 3.18. The Bertz CT molecular complexity index is 995. The van der Waals surface area contributed by atoms with E-state index in [9.17, 15) is 15.3 Å². The summed E-state index contributed by atoms with van der Waals surface area (Å²) in [5, 5.41) is 41.9. The molecule has 0 spiro atoms. The van der Waals surface area contributed by atoms with Gasteiger partial charge in [-0.3, -0.25) is 9.98 Å². The summed E-state index contributed by atoms with van der Waals surface area (Å²) in [5.41, 5.74) is 2.90. The van der Waals surface area contributed by atoms with E-state index in [1.807, 2.05) is 11.0 Å². The number of hydrogen-bond acceptors (Lipinski definition) is 8. The van der Waals surface area contributed by atoms with Gasteiger partial charge in [0.1, 0.15) is 35.6 Å². The molecule has 10 heteroatoms. The highest BCUT2D eigenvalue weighted by Crippen LogP contribution is 2.39. The number of nitrogens with one attached hydrogen (secondary N) is 2. The maximum Gasteiger partial charge on any atom is 0.165 e. The fourth-order valence-electron chi connectivity index (χ4n) is 4.87. The van der Waals surface area contributed by atoms with Crippen molar-refractivity contribution in [1.29, 1.82) is 5.41 Å². The molecule has 3 aliphatic rings. The predicted molar refractivity (Wildman–Crippen MR) is 111 cm³/mol. The monoisotopic (exact) mass is 429 g/mol. The van der Waals surface area contributed by atoms with Crippen LogP contribution in [0, 0.1) is 5.41 Å². The highest BCUT2D eigenvalue weighted by molar-refractivity contribution is 6.00. The van der Waals surface area contributed by atoms with E-state index in [-0.39, 0.29) is 6.04 Å². The Balaban J connectivity index is 1.42. The van der Waals surface area contributed by atoms with Gasteiger partial charge in [0, 0.05) is 0 Å². The van der Waals surface area contributed by atoms with E-state index >= 15 is 0 Å². The summed E-state index contributed by atoms with van der Waals surface area (Å²) in [6.45, 7) is 0.0109. The number of hydrogen-bond donors (Lipinski definition) is 5. The van der Waals surface area contributed by atoms with Crippen LogP contribution in [0.15, 0.2) is 24.5 Å². The van der Waals surface area contributed by atoms with E-state index in [0.29, 0.717) is 24.0 Å². The number of aliphatic hydroxyl groups excluding tert-OH is 3. The lowest BCUT2D eigenvalue weighted by atomic mass is 9.86. The maximum atomic E-state index is 10.4. The number of aryl methyl sites for hydroxylation is 1. The Morgan fingerprint density at radius 1 is 1.32 bits per heavy atom. The summed E-state index contributed by atoms with van der Waals surface area (Å²) in [5.74, 6) is 1.69. The van der Waals surface area contributed by atoms with E-state index in [1.54, 1.807) is 11.7 Å². The van der Waals surface area contributed by atoms with Crippen molar-refractivity contribution >= 4 is 11.7 Å². The second-order valence-corrected chi connectivity index (χ2v) is 8.20. The third-order valence-electron chi connectivity index (χ3n) is 6.52. The van der Waals surface area contributed by atoms with E-state index in [4.69, 9.17) is 14.9 Å². The fraction of sp³-hybridized carbons (Fsp3) is 0.524. The smallest absolute Gasteiger partial charge is 0.165 e. The number of aromatic nitrogens is 2. The van der Waals surface area contributed by atoms with Crippen molar-refractivity contribution in [2.75, 3.05) is 25.7 Å². The molecule has 1 aromatic heterocycles. The molecule has 1 saturated heterocycles. The highest BCUT2D eigenvalue weighted by Gasteiger charge is 2.45. The van der Waals surface area contributed by atoms with Gasteiger partial charge in [-0.2, -0.15) is 0 Å². The summed E-state index contributed by atoms with van der Waals surface area (Å²) in [4.78, 5) is 6.40. The third-order valence-corrected chi connectivity index (χ3v) is 6.52. The predicted octanol–water partition coefficient (Wildman–Crippen LogP) is 0.591. The van der Waals surface area contributed by atoms with Gasteiger partial charge >= 0.3 is 0 Å². The molecule has 0 radical (unpaired) electrons. The summed E-state index contributed by atoms with van der Waals surface area (Å²) >= 11 is 0. The lowest BCUT2D eigenvalue weighted by Crippen LogP contribution is -2.44. The summed E-state index contributed by atoms with van der Waals surface area (Å²) in [6.07, 6.45) is 0.296. The number of nitrogens with zero attached hydrogens (tertiary/aromatic N) is 3. The first kappa shape index (κ1) is 20.3. The molecule has 5 rings (SSSR count). The zero-order chi connectivity index (χ0) is 21.7. The first-order valence-electron chi connectivity index (χ1n) is 10.5. The van der Waals surface area contributed by atoms with Crippen LogP contribution in [0.3, 0.4) is 0 Å². The van der Waals surface area contributed by atoms with Crippen LogP contribution in [0.2, 0.25) is 0 Å². The normalized spacial score (nSPS) is 30.0. The molecule has 0 bridgehead atoms. The summed E-state index contributed by atoms with van der Waals surface area (Å²) in [7, 11) is 1.66. The molecule has 5 N–H and O–H groups in total. The number of amidine groups is 1. The van der Waals surface area contributed by atoms with Crippen LogP contribution in [0.5, 0.6) is 5.75 Å². The van der Waals surface area contributed by atoms with Gasteiger partial charge in [0.2, 0.25) is 0 Å². The zero-order valence-electron chi connectivity index (χ0n) is 17.2. The van der Waals surface area contributed by atoms with Gasteiger partial charge in [-0.15, -0.1) is 0 Å². The molecule has 31 heavy (non-hydrogen) atoms. The quantitative estimate of drug-likeness (QED) is 0.477. The van der Waals surface area contributed by atoms with Crippen molar-refractivity contribution in [3.05, 3.63) is 41.3 Å². The SMILES string of the molecule is COc1ccc2c(c1)CCCC2N1CNc2c(ncn2[C@@H]2O[C@H](CO)[C@@H](O)[C@H]2O)C1=N. The average molecular weight is 429 g/mol. The van der Waals surface area contributed by atoms with Crippen LogP contribution in [-0.4, -0.2) is 74.3 Å². The Labute approximate surface area is 179 Å². The van der Waals surface area contributed by atoms with E-state index < -0.39 is 31.1 Å². The average Bonchev–Trinajstić information content (AvgIpc) is 3.34. The Morgan fingerprint density at radius 3 is 2.90 bits per heavy atom. The van der Waals surface area contributed by atoms with Crippen LogP contribution in [0.25, 0.3) is 0 Å². The van der Waals surface area contributed by atoms with Crippen molar-refractivity contribution in [3.8, 4) is 5.75 Å². The number of anilines is 1. The molecule has 2 aliphatic heterocycles. The molecule has 1 aliphatic carbocycles. The van der Waals surface area contributed by atoms with Gasteiger partial charge < -0.3 is 35.0 Å². The van der Waals surface area contributed by atoms with Crippen LogP contribution in [-0.2, 0) is 11.2 Å².